The second-order valence-corrected chi connectivity index (χ2v) is 9.45. The fourth-order valence-electron chi connectivity index (χ4n) is 4.71. The number of hydrogen-bond donors (Lipinski definition) is 3. The number of nitrogens with one attached hydrogen (secondary N) is 3. The minimum atomic E-state index is -0.496. The van der Waals surface area contributed by atoms with Crippen LogP contribution in [0.5, 0.6) is 0 Å². The van der Waals surface area contributed by atoms with Gasteiger partial charge in [0.1, 0.15) is 0 Å². The highest BCUT2D eigenvalue weighted by Crippen LogP contribution is 2.31. The molecule has 3 heterocycles. The van der Waals surface area contributed by atoms with Gasteiger partial charge in [0.05, 0.1) is 11.7 Å². The van der Waals surface area contributed by atoms with Crippen molar-refractivity contribution in [2.24, 2.45) is 0 Å². The lowest BCUT2D eigenvalue weighted by atomic mass is 9.79. The lowest BCUT2D eigenvalue weighted by molar-refractivity contribution is 0.170. The van der Waals surface area contributed by atoms with Crippen molar-refractivity contribution in [3.05, 3.63) is 40.8 Å². The van der Waals surface area contributed by atoms with Crippen molar-refractivity contribution in [2.75, 3.05) is 10.6 Å². The molecule has 0 bridgehead atoms. The van der Waals surface area contributed by atoms with E-state index in [1.807, 2.05) is 6.92 Å². The number of anilines is 3. The Labute approximate surface area is 180 Å². The largest absolute Gasteiger partial charge is 0.419 e. The van der Waals surface area contributed by atoms with E-state index in [0.29, 0.717) is 23.3 Å². The number of aromatic nitrogens is 3. The van der Waals surface area contributed by atoms with Crippen LogP contribution in [0.25, 0.3) is 11.1 Å². The molecule has 2 aromatic heterocycles. The first-order valence-electron chi connectivity index (χ1n) is 10.5. The highest BCUT2D eigenvalue weighted by Gasteiger charge is 2.38. The Morgan fingerprint density at radius 3 is 2.65 bits per heavy atom. The molecule has 9 heteroatoms. The molecule has 1 aliphatic heterocycles. The van der Waals surface area contributed by atoms with Crippen molar-refractivity contribution in [1.82, 2.24) is 19.9 Å². The molecule has 166 valence electrons. The van der Waals surface area contributed by atoms with Gasteiger partial charge in [-0.15, -0.1) is 0 Å². The summed E-state index contributed by atoms with van der Waals surface area (Å²) in [6.07, 6.45) is 2.84. The zero-order chi connectivity index (χ0) is 22.4. The number of fused-ring (bicyclic) bond motifs is 1. The molecule has 1 fully saturated rings. The van der Waals surface area contributed by atoms with Crippen molar-refractivity contribution in [3.8, 4) is 0 Å². The Morgan fingerprint density at radius 1 is 1.26 bits per heavy atom. The monoisotopic (exact) mass is 428 g/mol. The minimum Gasteiger partial charge on any atom is -0.408 e. The summed E-state index contributed by atoms with van der Waals surface area (Å²) in [5.74, 6) is -0.452. The van der Waals surface area contributed by atoms with Crippen molar-refractivity contribution in [1.29, 1.82) is 0 Å². The third-order valence-electron chi connectivity index (χ3n) is 5.51. The van der Waals surface area contributed by atoms with Crippen LogP contribution in [0.4, 0.5) is 21.8 Å². The number of halogens is 1. The van der Waals surface area contributed by atoms with E-state index in [-0.39, 0.29) is 28.9 Å². The fourth-order valence-corrected chi connectivity index (χ4v) is 4.71. The zero-order valence-electron chi connectivity index (χ0n) is 18.5. The van der Waals surface area contributed by atoms with Gasteiger partial charge < -0.3 is 20.4 Å². The van der Waals surface area contributed by atoms with Crippen LogP contribution >= 0.6 is 0 Å². The second kappa shape index (κ2) is 7.64. The summed E-state index contributed by atoms with van der Waals surface area (Å²) < 4.78 is 21.3. The van der Waals surface area contributed by atoms with E-state index >= 15 is 0 Å². The van der Waals surface area contributed by atoms with Crippen LogP contribution in [-0.4, -0.2) is 31.7 Å². The number of benzene rings is 1. The maximum atomic E-state index is 14.5. The summed E-state index contributed by atoms with van der Waals surface area (Å²) in [7, 11) is 0. The van der Waals surface area contributed by atoms with Crippen LogP contribution in [0.15, 0.2) is 33.6 Å². The third kappa shape index (κ3) is 4.56. The van der Waals surface area contributed by atoms with E-state index in [0.717, 1.165) is 19.0 Å². The molecule has 0 atom stereocenters. The number of aryl methyl sites for hydroxylation is 1. The second-order valence-electron chi connectivity index (χ2n) is 9.45. The molecule has 1 saturated heterocycles. The van der Waals surface area contributed by atoms with Crippen molar-refractivity contribution >= 4 is 28.6 Å². The molecule has 0 spiro atoms. The lowest BCUT2D eigenvalue weighted by Gasteiger charge is -2.46. The van der Waals surface area contributed by atoms with Gasteiger partial charge in [-0.1, -0.05) is 0 Å². The van der Waals surface area contributed by atoms with Gasteiger partial charge in [-0.3, -0.25) is 4.57 Å². The summed E-state index contributed by atoms with van der Waals surface area (Å²) in [5, 5.41) is 9.99. The summed E-state index contributed by atoms with van der Waals surface area (Å²) in [6, 6.07) is 5.35. The molecule has 0 radical (unpaired) electrons. The third-order valence-corrected chi connectivity index (χ3v) is 5.51. The smallest absolute Gasteiger partial charge is 0.408 e. The van der Waals surface area contributed by atoms with E-state index in [9.17, 15) is 9.18 Å². The van der Waals surface area contributed by atoms with E-state index in [1.54, 1.807) is 22.8 Å². The molecule has 0 aliphatic carbocycles. The number of rotatable bonds is 5. The van der Waals surface area contributed by atoms with Gasteiger partial charge in [-0.2, -0.15) is 4.98 Å². The van der Waals surface area contributed by atoms with Gasteiger partial charge in [0.25, 0.3) is 0 Å². The van der Waals surface area contributed by atoms with Crippen molar-refractivity contribution in [3.63, 3.8) is 0 Å². The normalized spacial score (nSPS) is 18.3. The first kappa shape index (κ1) is 21.3. The maximum Gasteiger partial charge on any atom is 0.419 e. The summed E-state index contributed by atoms with van der Waals surface area (Å²) in [4.78, 5) is 20.3. The molecule has 3 N–H and O–H groups in total. The summed E-state index contributed by atoms with van der Waals surface area (Å²) in [5.41, 5.74) is 1.73. The van der Waals surface area contributed by atoms with Crippen LogP contribution in [0, 0.1) is 5.82 Å². The molecule has 31 heavy (non-hydrogen) atoms. The summed E-state index contributed by atoms with van der Waals surface area (Å²) in [6.45, 7) is 11.0. The fraction of sp³-hybridized carbons (Fsp3) is 0.500. The first-order chi connectivity index (χ1) is 14.5. The lowest BCUT2D eigenvalue weighted by Crippen LogP contribution is -2.60. The van der Waals surface area contributed by atoms with Gasteiger partial charge in [0, 0.05) is 29.4 Å². The molecular weight excluding hydrogens is 399 g/mol. The predicted molar refractivity (Wildman–Crippen MR) is 119 cm³/mol. The highest BCUT2D eigenvalue weighted by molar-refractivity contribution is 5.78. The van der Waals surface area contributed by atoms with Crippen LogP contribution in [0.1, 0.15) is 47.5 Å². The summed E-state index contributed by atoms with van der Waals surface area (Å²) >= 11 is 0. The molecule has 3 aromatic rings. The Balaban J connectivity index is 1.57. The Kier molecular flexibility index (Phi) is 5.25. The van der Waals surface area contributed by atoms with Gasteiger partial charge in [-0.25, -0.2) is 14.2 Å². The van der Waals surface area contributed by atoms with Crippen LogP contribution in [-0.2, 0) is 6.54 Å². The quantitative estimate of drug-likeness (QED) is 0.565. The van der Waals surface area contributed by atoms with E-state index in [4.69, 9.17) is 4.42 Å². The minimum absolute atomic E-state index is 0.0704. The molecule has 4 rings (SSSR count). The predicted octanol–water partition coefficient (Wildman–Crippen LogP) is 4.01. The van der Waals surface area contributed by atoms with Crippen LogP contribution in [0.3, 0.4) is 0 Å². The van der Waals surface area contributed by atoms with Crippen LogP contribution < -0.4 is 21.7 Å². The van der Waals surface area contributed by atoms with Gasteiger partial charge in [0.2, 0.25) is 5.95 Å². The Morgan fingerprint density at radius 2 is 1.97 bits per heavy atom. The van der Waals surface area contributed by atoms with Gasteiger partial charge in [0.15, 0.2) is 17.2 Å². The van der Waals surface area contributed by atoms with Crippen molar-refractivity contribution < 1.29 is 8.81 Å². The topological polar surface area (TPSA) is 97.0 Å². The van der Waals surface area contributed by atoms with Crippen molar-refractivity contribution in [2.45, 2.75) is 71.1 Å². The number of hydrogen-bond acceptors (Lipinski definition) is 7. The average molecular weight is 429 g/mol. The van der Waals surface area contributed by atoms with E-state index in [1.165, 1.54) is 0 Å². The number of piperidine rings is 1. The Hall–Kier alpha value is -2.94. The van der Waals surface area contributed by atoms with E-state index in [2.05, 4.69) is 53.6 Å². The van der Waals surface area contributed by atoms with Crippen LogP contribution in [0.2, 0.25) is 0 Å². The average Bonchev–Trinajstić information content (AvgIpc) is 2.96. The molecule has 8 nitrogen and oxygen atoms in total. The highest BCUT2D eigenvalue weighted by atomic mass is 19.1. The van der Waals surface area contributed by atoms with E-state index < -0.39 is 11.6 Å². The number of oxazole rings is 1. The maximum absolute atomic E-state index is 14.5. The molecule has 1 aromatic carbocycles. The molecular formula is C22H29FN6O2. The molecule has 1 aliphatic rings. The van der Waals surface area contributed by atoms with Gasteiger partial charge >= 0.3 is 5.76 Å². The standard InChI is InChI=1S/C22H29FN6O2/c1-6-29-16-9-13(7-8-17(16)31-20(29)30)26-19-24-12-15(23)18(27-19)25-14-10-21(2,3)28-22(4,5)11-14/h7-9,12,14,28H,6,10-11H2,1-5H3,(H2,24,25,26,27). The Bertz CT molecular complexity index is 1150. The first-order valence-corrected chi connectivity index (χ1v) is 10.5. The zero-order valence-corrected chi connectivity index (χ0v) is 18.5. The molecule has 0 saturated carbocycles. The molecule has 0 unspecified atom stereocenters. The SMILES string of the molecule is CCn1c(=O)oc2ccc(Nc3ncc(F)c(NC4CC(C)(C)NC(C)(C)C4)n3)cc21. The number of nitrogens with zero attached hydrogens (tertiary/aromatic N) is 3. The molecule has 0 amide bonds. The van der Waals surface area contributed by atoms with Gasteiger partial charge in [-0.05, 0) is 65.7 Å².